The largest absolute Gasteiger partial charge is 0.433 e. The Labute approximate surface area is 162 Å². The Hall–Kier alpha value is -1.76. The second kappa shape index (κ2) is 7.86. The van der Waals surface area contributed by atoms with Gasteiger partial charge in [0.1, 0.15) is 5.69 Å². The van der Waals surface area contributed by atoms with Gasteiger partial charge in [-0.1, -0.05) is 71.4 Å². The summed E-state index contributed by atoms with van der Waals surface area (Å²) in [5.74, 6) is 0.325. The first-order valence-electron chi connectivity index (χ1n) is 7.41. The molecule has 0 saturated heterocycles. The Balaban J connectivity index is 1.93. The van der Waals surface area contributed by atoms with Crippen LogP contribution in [0, 0.1) is 0 Å². The highest BCUT2D eigenvalue weighted by Crippen LogP contribution is 2.33. The molecule has 2 aromatic carbocycles. The van der Waals surface area contributed by atoms with Crippen LogP contribution in [0.1, 0.15) is 11.3 Å². The topological polar surface area (TPSA) is 25.8 Å². The van der Waals surface area contributed by atoms with Crippen LogP contribution in [0.15, 0.2) is 59.8 Å². The molecule has 1 heterocycles. The monoisotopic (exact) mass is 414 g/mol. The molecule has 0 aliphatic carbocycles. The van der Waals surface area contributed by atoms with Gasteiger partial charge in [-0.3, -0.25) is 0 Å². The number of aromatic nitrogens is 2. The molecule has 8 heteroatoms. The van der Waals surface area contributed by atoms with Gasteiger partial charge >= 0.3 is 6.18 Å². The minimum absolute atomic E-state index is 0.0321. The van der Waals surface area contributed by atoms with E-state index in [1.165, 1.54) is 0 Å². The number of thioether (sulfide) groups is 1. The second-order valence-electron chi connectivity index (χ2n) is 5.31. The molecule has 0 fully saturated rings. The quantitative estimate of drug-likeness (QED) is 0.348. The smallest absolute Gasteiger partial charge is 0.222 e. The molecule has 0 aliphatic heterocycles. The minimum atomic E-state index is -4.56. The van der Waals surface area contributed by atoms with E-state index < -0.39 is 11.9 Å². The summed E-state index contributed by atoms with van der Waals surface area (Å²) in [6.45, 7) is 0. The van der Waals surface area contributed by atoms with Crippen LogP contribution < -0.4 is 0 Å². The van der Waals surface area contributed by atoms with Crippen molar-refractivity contribution < 1.29 is 13.2 Å². The van der Waals surface area contributed by atoms with E-state index in [-0.39, 0.29) is 10.9 Å². The molecule has 3 aromatic rings. The third kappa shape index (κ3) is 4.69. The van der Waals surface area contributed by atoms with Gasteiger partial charge < -0.3 is 0 Å². The van der Waals surface area contributed by atoms with E-state index in [4.69, 9.17) is 23.2 Å². The van der Waals surface area contributed by atoms with Crippen molar-refractivity contribution in [3.8, 4) is 11.3 Å². The third-order valence-electron chi connectivity index (χ3n) is 3.44. The average Bonchev–Trinajstić information content (AvgIpc) is 2.61. The molecule has 134 valence electrons. The molecule has 0 aliphatic rings. The number of benzene rings is 2. The van der Waals surface area contributed by atoms with Crippen LogP contribution >= 0.6 is 35.0 Å². The maximum absolute atomic E-state index is 13.2. The first kappa shape index (κ1) is 19.0. The van der Waals surface area contributed by atoms with Crippen LogP contribution in [0.4, 0.5) is 13.2 Å². The Morgan fingerprint density at radius 2 is 1.65 bits per heavy atom. The zero-order valence-electron chi connectivity index (χ0n) is 13.1. The predicted octanol–water partition coefficient (Wildman–Crippen LogP) is 6.76. The van der Waals surface area contributed by atoms with Crippen LogP contribution in [0.3, 0.4) is 0 Å². The zero-order valence-corrected chi connectivity index (χ0v) is 15.4. The normalized spacial score (nSPS) is 11.6. The Kier molecular flexibility index (Phi) is 5.75. The van der Waals surface area contributed by atoms with Gasteiger partial charge in [-0.2, -0.15) is 13.2 Å². The van der Waals surface area contributed by atoms with Crippen molar-refractivity contribution in [1.29, 1.82) is 0 Å². The summed E-state index contributed by atoms with van der Waals surface area (Å²) in [5, 5.41) is 0.968. The molecule has 0 unspecified atom stereocenters. The fourth-order valence-corrected chi connectivity index (χ4v) is 3.59. The molecule has 3 rings (SSSR count). The van der Waals surface area contributed by atoms with Crippen LogP contribution in [0.25, 0.3) is 11.3 Å². The number of halogens is 5. The van der Waals surface area contributed by atoms with Crippen molar-refractivity contribution in [2.24, 2.45) is 0 Å². The first-order valence-corrected chi connectivity index (χ1v) is 9.15. The predicted molar refractivity (Wildman–Crippen MR) is 98.5 cm³/mol. The van der Waals surface area contributed by atoms with Gasteiger partial charge in [0, 0.05) is 21.4 Å². The van der Waals surface area contributed by atoms with Crippen molar-refractivity contribution in [2.45, 2.75) is 17.1 Å². The molecular formula is C18H11Cl2F3N2S. The molecular weight excluding hydrogens is 404 g/mol. The van der Waals surface area contributed by atoms with Gasteiger partial charge in [0.2, 0.25) is 0 Å². The minimum Gasteiger partial charge on any atom is -0.222 e. The van der Waals surface area contributed by atoms with Gasteiger partial charge in [-0.25, -0.2) is 9.97 Å². The number of hydrogen-bond donors (Lipinski definition) is 0. The van der Waals surface area contributed by atoms with Crippen LogP contribution in [0.5, 0.6) is 0 Å². The molecule has 0 N–H and O–H groups in total. The lowest BCUT2D eigenvalue weighted by atomic mass is 10.1. The van der Waals surface area contributed by atoms with Crippen LogP contribution in [-0.4, -0.2) is 9.97 Å². The van der Waals surface area contributed by atoms with Crippen LogP contribution in [-0.2, 0) is 11.9 Å². The van der Waals surface area contributed by atoms with E-state index in [1.54, 1.807) is 48.5 Å². The lowest BCUT2D eigenvalue weighted by Gasteiger charge is -2.11. The van der Waals surface area contributed by atoms with Gasteiger partial charge in [-0.15, -0.1) is 0 Å². The van der Waals surface area contributed by atoms with E-state index in [0.29, 0.717) is 21.4 Å². The highest BCUT2D eigenvalue weighted by atomic mass is 35.5. The molecule has 26 heavy (non-hydrogen) atoms. The summed E-state index contributed by atoms with van der Waals surface area (Å²) in [5.41, 5.74) is 0.573. The number of rotatable bonds is 4. The van der Waals surface area contributed by atoms with E-state index in [9.17, 15) is 13.2 Å². The van der Waals surface area contributed by atoms with Gasteiger partial charge in [0.25, 0.3) is 0 Å². The highest BCUT2D eigenvalue weighted by Gasteiger charge is 2.33. The van der Waals surface area contributed by atoms with Crippen LogP contribution in [0.2, 0.25) is 10.0 Å². The third-order valence-corrected chi connectivity index (χ3v) is 4.92. The molecule has 0 atom stereocenters. The summed E-state index contributed by atoms with van der Waals surface area (Å²) in [7, 11) is 0. The highest BCUT2D eigenvalue weighted by molar-refractivity contribution is 7.98. The van der Waals surface area contributed by atoms with E-state index in [0.717, 1.165) is 23.4 Å². The van der Waals surface area contributed by atoms with Crippen molar-refractivity contribution in [3.05, 3.63) is 75.9 Å². The lowest BCUT2D eigenvalue weighted by Crippen LogP contribution is -2.10. The van der Waals surface area contributed by atoms with Crippen molar-refractivity contribution >= 4 is 35.0 Å². The number of alkyl halides is 3. The standard InChI is InChI=1S/C18H11Cl2F3N2S/c19-13-7-6-12(14(20)8-13)10-26-17-24-15(11-4-2-1-3-5-11)9-16(25-17)18(21,22)23/h1-9H,10H2. The number of hydrogen-bond acceptors (Lipinski definition) is 3. The van der Waals surface area contributed by atoms with Crippen molar-refractivity contribution in [2.75, 3.05) is 0 Å². The average molecular weight is 415 g/mol. The summed E-state index contributed by atoms with van der Waals surface area (Å²) in [6, 6.07) is 14.6. The summed E-state index contributed by atoms with van der Waals surface area (Å²) in [6.07, 6.45) is -4.56. The molecule has 0 amide bonds. The maximum Gasteiger partial charge on any atom is 0.433 e. The summed E-state index contributed by atoms with van der Waals surface area (Å²) < 4.78 is 39.6. The summed E-state index contributed by atoms with van der Waals surface area (Å²) in [4.78, 5) is 7.91. The SMILES string of the molecule is FC(F)(F)c1cc(-c2ccccc2)nc(SCc2ccc(Cl)cc2Cl)n1. The molecule has 0 saturated carbocycles. The van der Waals surface area contributed by atoms with Crippen molar-refractivity contribution in [3.63, 3.8) is 0 Å². The first-order chi connectivity index (χ1) is 12.3. The maximum atomic E-state index is 13.2. The molecule has 2 nitrogen and oxygen atoms in total. The van der Waals surface area contributed by atoms with E-state index in [1.807, 2.05) is 0 Å². The van der Waals surface area contributed by atoms with E-state index >= 15 is 0 Å². The van der Waals surface area contributed by atoms with Gasteiger partial charge in [0.05, 0.1) is 5.69 Å². The second-order valence-corrected chi connectivity index (χ2v) is 7.10. The van der Waals surface area contributed by atoms with Gasteiger partial charge in [-0.05, 0) is 23.8 Å². The van der Waals surface area contributed by atoms with Crippen molar-refractivity contribution in [1.82, 2.24) is 9.97 Å². The fourth-order valence-electron chi connectivity index (χ4n) is 2.17. The lowest BCUT2D eigenvalue weighted by molar-refractivity contribution is -0.141. The van der Waals surface area contributed by atoms with Gasteiger partial charge in [0.15, 0.2) is 5.16 Å². The summed E-state index contributed by atoms with van der Waals surface area (Å²) >= 11 is 13.0. The molecule has 0 bridgehead atoms. The zero-order chi connectivity index (χ0) is 18.7. The Morgan fingerprint density at radius 1 is 0.923 bits per heavy atom. The number of nitrogens with zero attached hydrogens (tertiary/aromatic N) is 2. The molecule has 0 spiro atoms. The molecule has 0 radical (unpaired) electrons. The van der Waals surface area contributed by atoms with E-state index in [2.05, 4.69) is 9.97 Å². The Bertz CT molecular complexity index is 918. The Morgan fingerprint density at radius 3 is 2.31 bits per heavy atom. The molecule has 1 aromatic heterocycles. The fraction of sp³-hybridized carbons (Fsp3) is 0.111.